The lowest BCUT2D eigenvalue weighted by Gasteiger charge is -2.40. The Hall–Kier alpha value is -0.590. The lowest BCUT2D eigenvalue weighted by Crippen LogP contribution is -2.40. The fourth-order valence-corrected chi connectivity index (χ4v) is 2.98. The molecular formula is C13H22O. The molecule has 14 heavy (non-hydrogen) atoms. The molecule has 0 saturated heterocycles. The van der Waals surface area contributed by atoms with Gasteiger partial charge in [-0.05, 0) is 23.7 Å². The summed E-state index contributed by atoms with van der Waals surface area (Å²) in [5.41, 5.74) is 0. The Kier molecular flexibility index (Phi) is 3.52. The Bertz CT molecular complexity index is 229. The summed E-state index contributed by atoms with van der Waals surface area (Å²) in [5.74, 6) is 2.71. The summed E-state index contributed by atoms with van der Waals surface area (Å²) in [6.45, 7) is 12.6. The van der Waals surface area contributed by atoms with Crippen LogP contribution in [0.3, 0.4) is 0 Å². The van der Waals surface area contributed by atoms with Gasteiger partial charge in [0.05, 0.1) is 0 Å². The van der Waals surface area contributed by atoms with Gasteiger partial charge in [-0.15, -0.1) is 6.58 Å². The molecular weight excluding hydrogens is 172 g/mol. The Morgan fingerprint density at radius 1 is 1.43 bits per heavy atom. The highest BCUT2D eigenvalue weighted by atomic mass is 16.1. The summed E-state index contributed by atoms with van der Waals surface area (Å²) >= 11 is 0. The summed E-state index contributed by atoms with van der Waals surface area (Å²) < 4.78 is 0. The molecule has 0 aliphatic heterocycles. The van der Waals surface area contributed by atoms with Crippen molar-refractivity contribution in [2.24, 2.45) is 29.6 Å². The van der Waals surface area contributed by atoms with Crippen molar-refractivity contribution in [3.05, 3.63) is 12.7 Å². The van der Waals surface area contributed by atoms with Crippen molar-refractivity contribution >= 4 is 5.78 Å². The third-order valence-corrected chi connectivity index (χ3v) is 3.75. The minimum absolute atomic E-state index is 0.217. The number of hydrogen-bond acceptors (Lipinski definition) is 1. The van der Waals surface area contributed by atoms with E-state index in [4.69, 9.17) is 0 Å². The predicted molar refractivity (Wildman–Crippen MR) is 60.0 cm³/mol. The average Bonchev–Trinajstić information content (AvgIpc) is 2.10. The molecule has 4 atom stereocenters. The van der Waals surface area contributed by atoms with Crippen molar-refractivity contribution in [2.75, 3.05) is 0 Å². The van der Waals surface area contributed by atoms with Gasteiger partial charge < -0.3 is 0 Å². The number of carbonyl (C=O) groups is 1. The van der Waals surface area contributed by atoms with Gasteiger partial charge in [0.1, 0.15) is 5.78 Å². The van der Waals surface area contributed by atoms with Gasteiger partial charge in [-0.3, -0.25) is 4.79 Å². The predicted octanol–water partition coefficient (Wildman–Crippen LogP) is 3.31. The zero-order valence-corrected chi connectivity index (χ0v) is 9.79. The highest BCUT2D eigenvalue weighted by Gasteiger charge is 2.39. The van der Waals surface area contributed by atoms with Crippen molar-refractivity contribution in [2.45, 2.75) is 34.1 Å². The lowest BCUT2D eigenvalue weighted by atomic mass is 9.63. The summed E-state index contributed by atoms with van der Waals surface area (Å²) in [7, 11) is 0. The van der Waals surface area contributed by atoms with Gasteiger partial charge in [-0.2, -0.15) is 0 Å². The van der Waals surface area contributed by atoms with Crippen LogP contribution in [-0.4, -0.2) is 5.78 Å². The normalized spacial score (nSPS) is 38.8. The molecule has 0 unspecified atom stereocenters. The molecule has 1 saturated carbocycles. The van der Waals surface area contributed by atoms with Crippen molar-refractivity contribution < 1.29 is 4.79 Å². The zero-order chi connectivity index (χ0) is 10.9. The summed E-state index contributed by atoms with van der Waals surface area (Å²) in [5, 5.41) is 0. The van der Waals surface area contributed by atoms with Gasteiger partial charge in [-0.1, -0.05) is 33.8 Å². The average molecular weight is 194 g/mol. The van der Waals surface area contributed by atoms with Crippen LogP contribution in [0.5, 0.6) is 0 Å². The molecule has 1 aliphatic rings. The van der Waals surface area contributed by atoms with Gasteiger partial charge in [0, 0.05) is 12.3 Å². The second-order valence-corrected chi connectivity index (χ2v) is 5.07. The topological polar surface area (TPSA) is 17.1 Å². The highest BCUT2D eigenvalue weighted by molar-refractivity contribution is 5.82. The molecule has 0 bridgehead atoms. The second-order valence-electron chi connectivity index (χ2n) is 5.07. The zero-order valence-electron chi connectivity index (χ0n) is 9.79. The first-order valence-electron chi connectivity index (χ1n) is 5.64. The second kappa shape index (κ2) is 4.29. The third kappa shape index (κ3) is 1.92. The van der Waals surface area contributed by atoms with Crippen LogP contribution in [0, 0.1) is 29.6 Å². The molecule has 0 spiro atoms. The molecule has 1 heteroatoms. The quantitative estimate of drug-likeness (QED) is 0.616. The first-order chi connectivity index (χ1) is 6.49. The standard InChI is InChI=1S/C13H22O/c1-6-11-9(4)7-12(14)10(5)13(11)8(2)3/h6,8-11,13H,1,7H2,2-5H3/t9-,10+,11-,13-/m0/s1. The number of carbonyl (C=O) groups excluding carboxylic acids is 1. The Balaban J connectivity index is 2.92. The van der Waals surface area contributed by atoms with E-state index in [1.54, 1.807) is 0 Å². The maximum absolute atomic E-state index is 11.7. The van der Waals surface area contributed by atoms with E-state index in [0.717, 1.165) is 6.42 Å². The maximum Gasteiger partial charge on any atom is 0.136 e. The van der Waals surface area contributed by atoms with E-state index in [2.05, 4.69) is 40.3 Å². The van der Waals surface area contributed by atoms with E-state index >= 15 is 0 Å². The molecule has 0 amide bonds. The van der Waals surface area contributed by atoms with Gasteiger partial charge in [0.15, 0.2) is 0 Å². The molecule has 1 fully saturated rings. The minimum atomic E-state index is 0.217. The number of ketones is 1. The molecule has 1 rings (SSSR count). The number of rotatable bonds is 2. The molecule has 1 aliphatic carbocycles. The number of Topliss-reactive ketones (excluding diaryl/α,β-unsaturated/α-hetero) is 1. The molecule has 0 aromatic carbocycles. The van der Waals surface area contributed by atoms with Crippen LogP contribution >= 0.6 is 0 Å². The van der Waals surface area contributed by atoms with E-state index in [-0.39, 0.29) is 5.92 Å². The summed E-state index contributed by atoms with van der Waals surface area (Å²) in [4.78, 5) is 11.7. The van der Waals surface area contributed by atoms with Gasteiger partial charge in [0.2, 0.25) is 0 Å². The van der Waals surface area contributed by atoms with Crippen molar-refractivity contribution in [1.29, 1.82) is 0 Å². The van der Waals surface area contributed by atoms with E-state index < -0.39 is 0 Å². The molecule has 0 aromatic heterocycles. The van der Waals surface area contributed by atoms with Gasteiger partial charge >= 0.3 is 0 Å². The third-order valence-electron chi connectivity index (χ3n) is 3.75. The van der Waals surface area contributed by atoms with Crippen molar-refractivity contribution in [1.82, 2.24) is 0 Å². The Morgan fingerprint density at radius 3 is 2.43 bits per heavy atom. The van der Waals surface area contributed by atoms with Crippen LogP contribution in [-0.2, 0) is 4.79 Å². The van der Waals surface area contributed by atoms with Crippen LogP contribution in [0.2, 0.25) is 0 Å². The van der Waals surface area contributed by atoms with Crippen LogP contribution in [0.1, 0.15) is 34.1 Å². The largest absolute Gasteiger partial charge is 0.299 e. The van der Waals surface area contributed by atoms with Crippen LogP contribution in [0.15, 0.2) is 12.7 Å². The molecule has 0 radical (unpaired) electrons. The smallest absolute Gasteiger partial charge is 0.136 e. The van der Waals surface area contributed by atoms with Gasteiger partial charge in [0.25, 0.3) is 0 Å². The van der Waals surface area contributed by atoms with E-state index in [1.807, 2.05) is 0 Å². The van der Waals surface area contributed by atoms with E-state index in [1.165, 1.54) is 0 Å². The van der Waals surface area contributed by atoms with Crippen LogP contribution in [0.25, 0.3) is 0 Å². The van der Waals surface area contributed by atoms with Gasteiger partial charge in [-0.25, -0.2) is 0 Å². The molecule has 0 heterocycles. The fraction of sp³-hybridized carbons (Fsp3) is 0.769. The first-order valence-corrected chi connectivity index (χ1v) is 5.64. The Morgan fingerprint density at radius 2 is 2.00 bits per heavy atom. The SMILES string of the molecule is C=C[C@@H]1[C@@H](C(C)C)[C@H](C)C(=O)C[C@@H]1C. The highest BCUT2D eigenvalue weighted by Crippen LogP contribution is 2.41. The molecule has 0 aromatic rings. The molecule has 1 nitrogen and oxygen atoms in total. The van der Waals surface area contributed by atoms with E-state index in [0.29, 0.717) is 29.5 Å². The number of hydrogen-bond donors (Lipinski definition) is 0. The van der Waals surface area contributed by atoms with Crippen molar-refractivity contribution in [3.63, 3.8) is 0 Å². The monoisotopic (exact) mass is 194 g/mol. The van der Waals surface area contributed by atoms with Crippen molar-refractivity contribution in [3.8, 4) is 0 Å². The van der Waals surface area contributed by atoms with E-state index in [9.17, 15) is 4.79 Å². The first kappa shape index (κ1) is 11.5. The molecule has 0 N–H and O–H groups in total. The summed E-state index contributed by atoms with van der Waals surface area (Å²) in [6, 6.07) is 0. The number of allylic oxidation sites excluding steroid dienone is 1. The minimum Gasteiger partial charge on any atom is -0.299 e. The van der Waals surface area contributed by atoms with Crippen LogP contribution in [0.4, 0.5) is 0 Å². The lowest BCUT2D eigenvalue weighted by molar-refractivity contribution is -0.130. The molecule has 80 valence electrons. The Labute approximate surface area is 87.6 Å². The summed E-state index contributed by atoms with van der Waals surface area (Å²) in [6.07, 6.45) is 2.79. The fourth-order valence-electron chi connectivity index (χ4n) is 2.98. The van der Waals surface area contributed by atoms with Crippen LogP contribution < -0.4 is 0 Å². The maximum atomic E-state index is 11.7.